The van der Waals surface area contributed by atoms with Gasteiger partial charge in [0.2, 0.25) is 11.9 Å². The molecule has 8 rings (SSSR count). The van der Waals surface area contributed by atoms with Crippen LogP contribution in [0.5, 0.6) is 23.0 Å². The minimum Gasteiger partial charge on any atom is -0.399 e. The van der Waals surface area contributed by atoms with E-state index in [2.05, 4.69) is 49.5 Å². The van der Waals surface area contributed by atoms with Crippen LogP contribution in [0.4, 0.5) is 40.8 Å². The topological polar surface area (TPSA) is 222 Å². The number of H-pyrrole nitrogens is 2. The number of nitrogens with zero attached hydrogens (tertiary/aromatic N) is 3. The lowest BCUT2D eigenvalue weighted by Crippen LogP contribution is -2.25. The van der Waals surface area contributed by atoms with Gasteiger partial charge in [0.15, 0.2) is 23.0 Å². The van der Waals surface area contributed by atoms with Gasteiger partial charge in [0.25, 0.3) is 17.5 Å². The molecule has 2 aliphatic rings. The van der Waals surface area contributed by atoms with Gasteiger partial charge in [-0.3, -0.25) is 30.3 Å². The number of aromatic amines is 2. The van der Waals surface area contributed by atoms with Gasteiger partial charge in [-0.1, -0.05) is 7.43 Å². The van der Waals surface area contributed by atoms with Gasteiger partial charge in [0.1, 0.15) is 0 Å². The number of nitrogens with two attached hydrogens (primary N) is 1. The summed E-state index contributed by atoms with van der Waals surface area (Å²) in [6.45, 7) is 0. The normalized spacial score (nSPS) is 14.3. The van der Waals surface area contributed by atoms with Crippen LogP contribution in [-0.4, -0.2) is 49.3 Å². The van der Waals surface area contributed by atoms with Crippen LogP contribution in [0.2, 0.25) is 0 Å². The zero-order chi connectivity index (χ0) is 35.4. The number of imidazole rings is 2. The number of nitro groups is 1. The molecule has 6 N–H and O–H groups in total. The van der Waals surface area contributed by atoms with Crippen LogP contribution in [0.1, 0.15) is 28.1 Å². The molecule has 0 bridgehead atoms. The number of amides is 2. The van der Waals surface area contributed by atoms with Crippen LogP contribution in [0, 0.1) is 10.1 Å². The van der Waals surface area contributed by atoms with Gasteiger partial charge < -0.3 is 34.6 Å². The molecule has 0 atom stereocenters. The number of rotatable bonds is 5. The first kappa shape index (κ1) is 33.8. The number of nitrogen functional groups attached to an aromatic ring is 1. The fourth-order valence-electron chi connectivity index (χ4n) is 4.76. The Morgan fingerprint density at radius 1 is 0.686 bits per heavy atom. The number of ether oxygens (including phenoxy) is 4. The first-order valence-corrected chi connectivity index (χ1v) is 14.0. The van der Waals surface area contributed by atoms with E-state index in [9.17, 15) is 37.3 Å². The van der Waals surface area contributed by atoms with Crippen molar-refractivity contribution >= 4 is 57.2 Å². The van der Waals surface area contributed by atoms with E-state index in [1.165, 1.54) is 48.5 Å². The van der Waals surface area contributed by atoms with E-state index in [4.69, 9.17) is 5.73 Å². The van der Waals surface area contributed by atoms with Crippen molar-refractivity contribution in [1.29, 1.82) is 0 Å². The Morgan fingerprint density at radius 3 is 1.45 bits per heavy atom. The number of nitrogens with one attached hydrogen (secondary N) is 4. The van der Waals surface area contributed by atoms with Crippen LogP contribution in [-0.2, 0) is 0 Å². The number of aromatic nitrogens is 4. The molecule has 4 aromatic carbocycles. The molecule has 2 amide bonds. The maximum absolute atomic E-state index is 13.0. The molecule has 0 saturated heterocycles. The second-order valence-corrected chi connectivity index (χ2v) is 10.5. The third-order valence-corrected chi connectivity index (χ3v) is 6.99. The zero-order valence-corrected chi connectivity index (χ0v) is 24.6. The van der Waals surface area contributed by atoms with Crippen molar-refractivity contribution in [2.75, 3.05) is 16.4 Å². The lowest BCUT2D eigenvalue weighted by atomic mass is 10.2. The van der Waals surface area contributed by atoms with E-state index in [0.717, 1.165) is 0 Å². The van der Waals surface area contributed by atoms with Gasteiger partial charge in [0.05, 0.1) is 27.0 Å². The second kappa shape index (κ2) is 12.4. The highest BCUT2D eigenvalue weighted by atomic mass is 19.3. The molecule has 51 heavy (non-hydrogen) atoms. The number of alkyl halides is 4. The monoisotopic (exact) mass is 710 g/mol. The molecule has 0 saturated carbocycles. The molecule has 0 aliphatic carbocycles. The molecule has 262 valence electrons. The molecule has 0 radical (unpaired) electrons. The van der Waals surface area contributed by atoms with Crippen LogP contribution < -0.4 is 35.3 Å². The Kier molecular flexibility index (Phi) is 8.21. The number of nitro benzene ring substituents is 1. The number of hydrogen-bond donors (Lipinski definition) is 5. The number of hydrogen-bond acceptors (Lipinski definition) is 11. The molecule has 0 spiro atoms. The fraction of sp³-hybridized carbons (Fsp3) is 0.0968. The highest BCUT2D eigenvalue weighted by molar-refractivity contribution is 6.05. The van der Waals surface area contributed by atoms with E-state index >= 15 is 0 Å². The van der Waals surface area contributed by atoms with Crippen molar-refractivity contribution in [1.82, 2.24) is 19.9 Å². The van der Waals surface area contributed by atoms with Crippen molar-refractivity contribution in [3.8, 4) is 23.0 Å². The quantitative estimate of drug-likeness (QED) is 0.0570. The number of fused-ring (bicyclic) bond motifs is 4. The van der Waals surface area contributed by atoms with Crippen molar-refractivity contribution in [2.24, 2.45) is 0 Å². The maximum Gasteiger partial charge on any atom is 0.586 e. The van der Waals surface area contributed by atoms with Crippen molar-refractivity contribution in [3.05, 3.63) is 94.0 Å². The first-order chi connectivity index (χ1) is 23.7. The van der Waals surface area contributed by atoms with Gasteiger partial charge in [-0.2, -0.15) is 0 Å². The molecular weight excluding hydrogens is 688 g/mol. The van der Waals surface area contributed by atoms with E-state index in [1.54, 1.807) is 24.3 Å². The molecule has 2 aromatic heterocycles. The van der Waals surface area contributed by atoms with Gasteiger partial charge >= 0.3 is 12.6 Å². The molecule has 20 heteroatoms. The minimum absolute atomic E-state index is 0. The Bertz CT molecular complexity index is 2240. The van der Waals surface area contributed by atoms with E-state index in [-0.39, 0.29) is 65.0 Å². The summed E-state index contributed by atoms with van der Waals surface area (Å²) in [6.07, 6.45) is -7.42. The van der Waals surface area contributed by atoms with Crippen LogP contribution in [0.25, 0.3) is 22.1 Å². The average molecular weight is 711 g/mol. The molecule has 4 heterocycles. The molecule has 0 fully saturated rings. The summed E-state index contributed by atoms with van der Waals surface area (Å²) < 4.78 is 69.5. The lowest BCUT2D eigenvalue weighted by Gasteiger charge is -2.04. The standard InChI is InChI=1S/C15H8F2N4O5.C15H10F2N4O3.CH4/c16-15(17)25-11-5-9-10(6-12(11)26-15)19-14(18-9)20-13(22)7-1-3-8(4-2-7)21(23)24;16-15(17)23-11-5-9-10(6-12(11)24-15)20-14(19-9)21-13(22)7-1-3-8(18)4-2-7;/h1-6H,(H2,18,19,20,22);1-6H,18H2,(H2,19,20,21,22);1H4. The molecule has 0 unspecified atom stereocenters. The number of carbonyl (C=O) groups is 2. The molecular formula is C31H22F4N8O8. The van der Waals surface area contributed by atoms with E-state index < -0.39 is 23.4 Å². The Hall–Kier alpha value is -7.12. The lowest BCUT2D eigenvalue weighted by molar-refractivity contribution is -0.384. The van der Waals surface area contributed by atoms with E-state index in [0.29, 0.717) is 27.8 Å². The SMILES string of the molecule is C.Nc1ccc(C(=O)Nc2nc3cc4c(cc3[nH]2)OC(F)(F)O4)cc1.O=C(Nc1nc2cc3c(cc2[nH]1)OC(F)(F)O3)c1ccc([N+](=O)[O-])cc1. The largest absolute Gasteiger partial charge is 0.586 e. The number of halogens is 4. The summed E-state index contributed by atoms with van der Waals surface area (Å²) in [6, 6.07) is 16.5. The average Bonchev–Trinajstić information content (AvgIpc) is 3.78. The summed E-state index contributed by atoms with van der Waals surface area (Å²) >= 11 is 0. The molecule has 6 aromatic rings. The maximum atomic E-state index is 13.0. The Morgan fingerprint density at radius 2 is 1.06 bits per heavy atom. The summed E-state index contributed by atoms with van der Waals surface area (Å²) in [5, 5.41) is 15.7. The van der Waals surface area contributed by atoms with Gasteiger partial charge in [-0.15, -0.1) is 17.6 Å². The Balaban J connectivity index is 0.000000173. The fourth-order valence-corrected chi connectivity index (χ4v) is 4.76. The van der Waals surface area contributed by atoms with Crippen LogP contribution in [0.3, 0.4) is 0 Å². The smallest absolute Gasteiger partial charge is 0.399 e. The van der Waals surface area contributed by atoms with Crippen LogP contribution in [0.15, 0.2) is 72.8 Å². The first-order valence-electron chi connectivity index (χ1n) is 14.0. The van der Waals surface area contributed by atoms with Crippen LogP contribution >= 0.6 is 0 Å². The Labute approximate surface area is 281 Å². The highest BCUT2D eigenvalue weighted by Gasteiger charge is 2.44. The predicted molar refractivity (Wildman–Crippen MR) is 171 cm³/mol. The third-order valence-electron chi connectivity index (χ3n) is 6.99. The summed E-state index contributed by atoms with van der Waals surface area (Å²) in [5.41, 5.74) is 7.96. The minimum atomic E-state index is -3.73. The number of anilines is 3. The van der Waals surface area contributed by atoms with Crippen molar-refractivity contribution in [2.45, 2.75) is 20.0 Å². The number of non-ortho nitro benzene ring substituents is 1. The van der Waals surface area contributed by atoms with Gasteiger partial charge in [-0.25, -0.2) is 9.97 Å². The molecule has 16 nitrogen and oxygen atoms in total. The summed E-state index contributed by atoms with van der Waals surface area (Å²) in [4.78, 5) is 48.1. The van der Waals surface area contributed by atoms with Crippen molar-refractivity contribution in [3.63, 3.8) is 0 Å². The van der Waals surface area contributed by atoms with Gasteiger partial charge in [-0.05, 0) is 36.4 Å². The van der Waals surface area contributed by atoms with Gasteiger partial charge in [0, 0.05) is 53.2 Å². The number of benzene rings is 4. The zero-order valence-electron chi connectivity index (χ0n) is 24.6. The predicted octanol–water partition coefficient (Wildman–Crippen LogP) is 6.40. The number of carbonyl (C=O) groups excluding carboxylic acids is 2. The molecule has 2 aliphatic heterocycles. The van der Waals surface area contributed by atoms with E-state index in [1.807, 2.05) is 0 Å². The second-order valence-electron chi connectivity index (χ2n) is 10.5. The van der Waals surface area contributed by atoms with Crippen molar-refractivity contribution < 1.29 is 51.0 Å². The third kappa shape index (κ3) is 7.04. The highest BCUT2D eigenvalue weighted by Crippen LogP contribution is 2.44. The summed E-state index contributed by atoms with van der Waals surface area (Å²) in [5.74, 6) is -1.24. The summed E-state index contributed by atoms with van der Waals surface area (Å²) in [7, 11) is 0.